The fourth-order valence-electron chi connectivity index (χ4n) is 3.28. The van der Waals surface area contributed by atoms with Gasteiger partial charge in [0.2, 0.25) is 5.78 Å². The summed E-state index contributed by atoms with van der Waals surface area (Å²) < 4.78 is 19.7. The quantitative estimate of drug-likeness (QED) is 0.669. The average Bonchev–Trinajstić information content (AvgIpc) is 3.12. The molecule has 1 aliphatic rings. The Morgan fingerprint density at radius 2 is 1.93 bits per heavy atom. The molecule has 0 spiro atoms. The van der Waals surface area contributed by atoms with E-state index in [0.29, 0.717) is 12.3 Å². The van der Waals surface area contributed by atoms with Crippen LogP contribution in [0.1, 0.15) is 0 Å². The van der Waals surface area contributed by atoms with Gasteiger partial charge in [0.1, 0.15) is 18.2 Å². The van der Waals surface area contributed by atoms with Crippen LogP contribution in [0.2, 0.25) is 0 Å². The second-order valence-electron chi connectivity index (χ2n) is 6.37. The maximum atomic E-state index is 12.5. The largest absolute Gasteiger partial charge is 0.497 e. The number of ether oxygens (including phenoxy) is 1. The van der Waals surface area contributed by atoms with Crippen molar-refractivity contribution in [1.82, 2.24) is 19.3 Å². The van der Waals surface area contributed by atoms with Gasteiger partial charge in [-0.2, -0.15) is 4.98 Å². The number of rotatable bonds is 5. The standard InChI is InChI=1S/C19H22FN5O.ClH/c1-26-16-4-2-3-15(13-16)17-14-25-7-5-18(22-19(25)21-17)24-11-9-23(8-6-20)10-12-24;/h2-5,7,13-14H,6,8-12H2,1H3;1H. The topological polar surface area (TPSA) is 45.9 Å². The molecule has 2 aromatic heterocycles. The van der Waals surface area contributed by atoms with E-state index in [9.17, 15) is 4.39 Å². The van der Waals surface area contributed by atoms with E-state index in [-0.39, 0.29) is 19.1 Å². The van der Waals surface area contributed by atoms with Gasteiger partial charge in [-0.25, -0.2) is 9.37 Å². The van der Waals surface area contributed by atoms with E-state index in [0.717, 1.165) is 49.0 Å². The third-order valence-electron chi connectivity index (χ3n) is 4.77. The molecule has 0 unspecified atom stereocenters. The molecule has 144 valence electrons. The Morgan fingerprint density at radius 3 is 2.67 bits per heavy atom. The van der Waals surface area contributed by atoms with Crippen LogP contribution in [0.4, 0.5) is 10.2 Å². The van der Waals surface area contributed by atoms with Crippen molar-refractivity contribution in [2.24, 2.45) is 0 Å². The minimum atomic E-state index is -0.286. The summed E-state index contributed by atoms with van der Waals surface area (Å²) in [6.45, 7) is 3.66. The maximum Gasteiger partial charge on any atom is 0.236 e. The highest BCUT2D eigenvalue weighted by atomic mass is 35.5. The van der Waals surface area contributed by atoms with Crippen molar-refractivity contribution >= 4 is 24.0 Å². The lowest BCUT2D eigenvalue weighted by atomic mass is 10.1. The third-order valence-corrected chi connectivity index (χ3v) is 4.77. The number of hydrogen-bond acceptors (Lipinski definition) is 5. The number of benzene rings is 1. The van der Waals surface area contributed by atoms with E-state index in [2.05, 4.69) is 14.8 Å². The number of aromatic nitrogens is 3. The first-order chi connectivity index (χ1) is 12.8. The lowest BCUT2D eigenvalue weighted by molar-refractivity contribution is 0.235. The van der Waals surface area contributed by atoms with Crippen molar-refractivity contribution in [3.8, 4) is 17.0 Å². The van der Waals surface area contributed by atoms with Crippen LogP contribution in [-0.2, 0) is 0 Å². The average molecular weight is 392 g/mol. The molecule has 0 saturated carbocycles. The number of alkyl halides is 1. The zero-order valence-electron chi connectivity index (χ0n) is 15.2. The summed E-state index contributed by atoms with van der Waals surface area (Å²) in [7, 11) is 1.66. The van der Waals surface area contributed by atoms with Gasteiger partial charge in [-0.1, -0.05) is 12.1 Å². The molecular formula is C19H23ClFN5O. The Kier molecular flexibility index (Phi) is 6.13. The summed E-state index contributed by atoms with van der Waals surface area (Å²) in [5.41, 5.74) is 1.86. The Balaban J connectivity index is 0.00000210. The number of anilines is 1. The van der Waals surface area contributed by atoms with Crippen LogP contribution in [0.15, 0.2) is 42.7 Å². The van der Waals surface area contributed by atoms with Gasteiger partial charge in [0, 0.05) is 50.7 Å². The number of methoxy groups -OCH3 is 1. The Morgan fingerprint density at radius 1 is 1.11 bits per heavy atom. The van der Waals surface area contributed by atoms with Crippen molar-refractivity contribution < 1.29 is 9.13 Å². The lowest BCUT2D eigenvalue weighted by Crippen LogP contribution is -2.47. The van der Waals surface area contributed by atoms with Crippen LogP contribution in [0.25, 0.3) is 17.0 Å². The summed E-state index contributed by atoms with van der Waals surface area (Å²) in [5.74, 6) is 2.39. The zero-order valence-corrected chi connectivity index (χ0v) is 16.0. The first kappa shape index (κ1) is 19.4. The number of fused-ring (bicyclic) bond motifs is 1. The number of imidazole rings is 1. The van der Waals surface area contributed by atoms with Gasteiger partial charge < -0.3 is 9.64 Å². The van der Waals surface area contributed by atoms with E-state index >= 15 is 0 Å². The second-order valence-corrected chi connectivity index (χ2v) is 6.37. The molecule has 0 bridgehead atoms. The van der Waals surface area contributed by atoms with Crippen molar-refractivity contribution in [3.05, 3.63) is 42.7 Å². The van der Waals surface area contributed by atoms with Crippen LogP contribution in [0.5, 0.6) is 5.75 Å². The fraction of sp³-hybridized carbons (Fsp3) is 0.368. The van der Waals surface area contributed by atoms with Crippen LogP contribution < -0.4 is 9.64 Å². The molecule has 4 rings (SSSR count). The highest BCUT2D eigenvalue weighted by Gasteiger charge is 2.18. The van der Waals surface area contributed by atoms with Crippen LogP contribution in [0, 0.1) is 0 Å². The molecule has 1 aliphatic heterocycles. The van der Waals surface area contributed by atoms with Crippen molar-refractivity contribution in [2.75, 3.05) is 51.4 Å². The summed E-state index contributed by atoms with van der Waals surface area (Å²) in [6.07, 6.45) is 3.96. The molecule has 0 aliphatic carbocycles. The van der Waals surface area contributed by atoms with E-state index < -0.39 is 0 Å². The molecule has 3 aromatic rings. The fourth-order valence-corrected chi connectivity index (χ4v) is 3.28. The Bertz CT molecular complexity index is 895. The molecule has 0 N–H and O–H groups in total. The van der Waals surface area contributed by atoms with E-state index in [1.807, 2.05) is 47.1 Å². The van der Waals surface area contributed by atoms with Crippen LogP contribution in [-0.4, -0.2) is 65.8 Å². The van der Waals surface area contributed by atoms with E-state index in [1.54, 1.807) is 7.11 Å². The molecule has 3 heterocycles. The van der Waals surface area contributed by atoms with E-state index in [1.165, 1.54) is 0 Å². The first-order valence-corrected chi connectivity index (χ1v) is 8.80. The van der Waals surface area contributed by atoms with Gasteiger partial charge >= 0.3 is 0 Å². The van der Waals surface area contributed by atoms with Crippen molar-refractivity contribution in [1.29, 1.82) is 0 Å². The molecular weight excluding hydrogens is 369 g/mol. The van der Waals surface area contributed by atoms with Gasteiger partial charge in [-0.05, 0) is 18.2 Å². The highest BCUT2D eigenvalue weighted by molar-refractivity contribution is 5.85. The maximum absolute atomic E-state index is 12.5. The number of halogens is 2. The number of nitrogens with zero attached hydrogens (tertiary/aromatic N) is 5. The molecule has 27 heavy (non-hydrogen) atoms. The minimum absolute atomic E-state index is 0. The predicted octanol–water partition coefficient (Wildman–Crippen LogP) is 2.92. The van der Waals surface area contributed by atoms with Gasteiger partial charge in [0.05, 0.1) is 12.8 Å². The molecule has 1 aromatic carbocycles. The summed E-state index contributed by atoms with van der Waals surface area (Å²) >= 11 is 0. The third kappa shape index (κ3) is 4.14. The van der Waals surface area contributed by atoms with Gasteiger partial charge in [0.15, 0.2) is 0 Å². The molecule has 1 saturated heterocycles. The zero-order chi connectivity index (χ0) is 17.9. The first-order valence-electron chi connectivity index (χ1n) is 8.80. The summed E-state index contributed by atoms with van der Waals surface area (Å²) in [5, 5.41) is 0. The van der Waals surface area contributed by atoms with Crippen LogP contribution >= 0.6 is 12.4 Å². The molecule has 8 heteroatoms. The predicted molar refractivity (Wildman–Crippen MR) is 107 cm³/mol. The van der Waals surface area contributed by atoms with Gasteiger partial charge in [-0.15, -0.1) is 12.4 Å². The van der Waals surface area contributed by atoms with E-state index in [4.69, 9.17) is 9.72 Å². The normalized spacial score (nSPS) is 15.0. The van der Waals surface area contributed by atoms with Crippen LogP contribution in [0.3, 0.4) is 0 Å². The molecule has 1 fully saturated rings. The smallest absolute Gasteiger partial charge is 0.236 e. The number of piperazine rings is 1. The summed E-state index contributed by atoms with van der Waals surface area (Å²) in [6, 6.07) is 9.85. The van der Waals surface area contributed by atoms with Gasteiger partial charge in [-0.3, -0.25) is 9.30 Å². The monoisotopic (exact) mass is 391 g/mol. The number of hydrogen-bond donors (Lipinski definition) is 0. The molecule has 0 atom stereocenters. The van der Waals surface area contributed by atoms with Gasteiger partial charge in [0.25, 0.3) is 0 Å². The second kappa shape index (κ2) is 8.54. The molecule has 0 radical (unpaired) electrons. The lowest BCUT2D eigenvalue weighted by Gasteiger charge is -2.34. The molecule has 0 amide bonds. The Labute approximate surface area is 164 Å². The SMILES string of the molecule is COc1cccc(-c2cn3ccc(N4CCN(CCF)CC4)nc3n2)c1.Cl. The molecule has 6 nitrogen and oxygen atoms in total. The Hall–Kier alpha value is -2.38. The van der Waals surface area contributed by atoms with Crippen molar-refractivity contribution in [3.63, 3.8) is 0 Å². The summed E-state index contributed by atoms with van der Waals surface area (Å²) in [4.78, 5) is 13.8. The highest BCUT2D eigenvalue weighted by Crippen LogP contribution is 2.24. The van der Waals surface area contributed by atoms with Crippen molar-refractivity contribution in [2.45, 2.75) is 0 Å². The minimum Gasteiger partial charge on any atom is -0.497 e.